The topological polar surface area (TPSA) is 36.5 Å². The summed E-state index contributed by atoms with van der Waals surface area (Å²) in [6, 6.07) is 17.3. The molecular formula is C23H31N3OS. The van der Waals surface area contributed by atoms with E-state index in [0.717, 1.165) is 51.5 Å². The second-order valence-electron chi connectivity index (χ2n) is 7.31. The first kappa shape index (κ1) is 20.8. The van der Waals surface area contributed by atoms with Gasteiger partial charge in [0.25, 0.3) is 0 Å². The highest BCUT2D eigenvalue weighted by Crippen LogP contribution is 2.12. The molecule has 0 saturated carbocycles. The smallest absolute Gasteiger partial charge is 0.171 e. The van der Waals surface area contributed by atoms with Gasteiger partial charge in [-0.15, -0.1) is 0 Å². The fraction of sp³-hybridized carbons (Fsp3) is 0.435. The highest BCUT2D eigenvalue weighted by atomic mass is 32.1. The van der Waals surface area contributed by atoms with Gasteiger partial charge < -0.3 is 15.4 Å². The third-order valence-electron chi connectivity index (χ3n) is 5.02. The average molecular weight is 398 g/mol. The Kier molecular flexibility index (Phi) is 8.27. The van der Waals surface area contributed by atoms with Crippen LogP contribution >= 0.6 is 12.2 Å². The van der Waals surface area contributed by atoms with E-state index in [1.165, 1.54) is 29.5 Å². The third-order valence-corrected chi connectivity index (χ3v) is 5.26. The monoisotopic (exact) mass is 397 g/mol. The first-order valence-electron chi connectivity index (χ1n) is 10.2. The Hall–Kier alpha value is -1.95. The van der Waals surface area contributed by atoms with E-state index >= 15 is 0 Å². The third kappa shape index (κ3) is 6.89. The maximum atomic E-state index is 5.43. The fourth-order valence-corrected chi connectivity index (χ4v) is 3.46. The Morgan fingerprint density at radius 3 is 2.29 bits per heavy atom. The SMILES string of the molecule is CCCCc1ccc(NC(=S)NCc2ccc(CN3CCOCC3)cc2)cc1. The first-order valence-corrected chi connectivity index (χ1v) is 10.7. The van der Waals surface area contributed by atoms with Crippen LogP contribution in [0.1, 0.15) is 36.5 Å². The summed E-state index contributed by atoms with van der Waals surface area (Å²) in [6.07, 6.45) is 3.60. The summed E-state index contributed by atoms with van der Waals surface area (Å²) in [5.74, 6) is 0. The number of anilines is 1. The van der Waals surface area contributed by atoms with Gasteiger partial charge in [0.1, 0.15) is 0 Å². The summed E-state index contributed by atoms with van der Waals surface area (Å²) in [5, 5.41) is 7.20. The van der Waals surface area contributed by atoms with E-state index in [-0.39, 0.29) is 0 Å². The molecule has 150 valence electrons. The van der Waals surface area contributed by atoms with E-state index in [1.807, 2.05) is 0 Å². The molecule has 0 amide bonds. The minimum absolute atomic E-state index is 0.652. The van der Waals surface area contributed by atoms with Crippen LogP contribution in [0.2, 0.25) is 0 Å². The zero-order valence-electron chi connectivity index (χ0n) is 16.7. The molecule has 2 N–H and O–H groups in total. The van der Waals surface area contributed by atoms with Gasteiger partial charge in [0.05, 0.1) is 13.2 Å². The molecule has 1 heterocycles. The van der Waals surface area contributed by atoms with Gasteiger partial charge in [0.2, 0.25) is 0 Å². The van der Waals surface area contributed by atoms with E-state index < -0.39 is 0 Å². The number of aryl methyl sites for hydroxylation is 1. The molecule has 0 unspecified atom stereocenters. The number of benzene rings is 2. The van der Waals surface area contributed by atoms with Crippen molar-refractivity contribution in [1.29, 1.82) is 0 Å². The quantitative estimate of drug-likeness (QED) is 0.648. The van der Waals surface area contributed by atoms with Crippen molar-refractivity contribution in [3.05, 3.63) is 65.2 Å². The zero-order chi connectivity index (χ0) is 19.6. The van der Waals surface area contributed by atoms with Crippen molar-refractivity contribution in [2.75, 3.05) is 31.6 Å². The fourth-order valence-electron chi connectivity index (χ4n) is 3.27. The molecule has 1 saturated heterocycles. The molecule has 1 fully saturated rings. The van der Waals surface area contributed by atoms with Crippen molar-refractivity contribution in [2.45, 2.75) is 39.3 Å². The zero-order valence-corrected chi connectivity index (χ0v) is 17.6. The maximum Gasteiger partial charge on any atom is 0.171 e. The molecule has 4 nitrogen and oxygen atoms in total. The van der Waals surface area contributed by atoms with Crippen LogP contribution in [0.25, 0.3) is 0 Å². The van der Waals surface area contributed by atoms with Crippen LogP contribution in [0.15, 0.2) is 48.5 Å². The van der Waals surface area contributed by atoms with Gasteiger partial charge in [-0.05, 0) is 53.9 Å². The van der Waals surface area contributed by atoms with Crippen molar-refractivity contribution in [3.63, 3.8) is 0 Å². The Balaban J connectivity index is 1.41. The summed E-state index contributed by atoms with van der Waals surface area (Å²) in [5.41, 5.74) is 4.97. The van der Waals surface area contributed by atoms with E-state index in [0.29, 0.717) is 5.11 Å². The molecule has 1 aliphatic heterocycles. The summed E-state index contributed by atoms with van der Waals surface area (Å²) in [4.78, 5) is 2.43. The van der Waals surface area contributed by atoms with Crippen molar-refractivity contribution >= 4 is 23.0 Å². The van der Waals surface area contributed by atoms with Gasteiger partial charge >= 0.3 is 0 Å². The van der Waals surface area contributed by atoms with E-state index in [4.69, 9.17) is 17.0 Å². The maximum absolute atomic E-state index is 5.43. The molecule has 0 atom stereocenters. The normalized spacial score (nSPS) is 14.6. The Labute approximate surface area is 174 Å². The number of hydrogen-bond donors (Lipinski definition) is 2. The largest absolute Gasteiger partial charge is 0.379 e. The van der Waals surface area contributed by atoms with Crippen LogP contribution in [0.3, 0.4) is 0 Å². The molecule has 0 aliphatic carbocycles. The Morgan fingerprint density at radius 2 is 1.61 bits per heavy atom. The van der Waals surface area contributed by atoms with Gasteiger partial charge in [-0.1, -0.05) is 49.7 Å². The molecule has 3 rings (SSSR count). The lowest BCUT2D eigenvalue weighted by atomic mass is 10.1. The Bertz CT molecular complexity index is 725. The minimum atomic E-state index is 0.652. The molecule has 0 radical (unpaired) electrons. The standard InChI is InChI=1S/C23H31N3OS/c1-2-3-4-19-9-11-22(12-10-19)25-23(28)24-17-20-5-7-21(8-6-20)18-26-13-15-27-16-14-26/h5-12H,2-4,13-18H2,1H3,(H2,24,25,28). The summed E-state index contributed by atoms with van der Waals surface area (Å²) in [6.45, 7) is 7.65. The van der Waals surface area contributed by atoms with Crippen LogP contribution in [-0.4, -0.2) is 36.3 Å². The van der Waals surface area contributed by atoms with Crippen LogP contribution in [0.4, 0.5) is 5.69 Å². The van der Waals surface area contributed by atoms with Crippen LogP contribution < -0.4 is 10.6 Å². The lowest BCUT2D eigenvalue weighted by Crippen LogP contribution is -2.35. The summed E-state index contributed by atoms with van der Waals surface area (Å²) >= 11 is 5.43. The number of hydrogen-bond acceptors (Lipinski definition) is 3. The second kappa shape index (κ2) is 11.1. The number of morpholine rings is 1. The highest BCUT2D eigenvalue weighted by Gasteiger charge is 2.10. The van der Waals surface area contributed by atoms with Crippen molar-refractivity contribution in [3.8, 4) is 0 Å². The number of rotatable bonds is 8. The van der Waals surface area contributed by atoms with Crippen molar-refractivity contribution < 1.29 is 4.74 Å². The molecule has 0 bridgehead atoms. The predicted octanol–water partition coefficient (Wildman–Crippen LogP) is 4.35. The summed E-state index contributed by atoms with van der Waals surface area (Å²) < 4.78 is 5.41. The van der Waals surface area contributed by atoms with E-state index in [9.17, 15) is 0 Å². The number of unbranched alkanes of at least 4 members (excludes halogenated alkanes) is 1. The van der Waals surface area contributed by atoms with Crippen molar-refractivity contribution in [2.24, 2.45) is 0 Å². The molecule has 0 spiro atoms. The van der Waals surface area contributed by atoms with Gasteiger partial charge in [0, 0.05) is 31.9 Å². The molecule has 2 aromatic rings. The van der Waals surface area contributed by atoms with Gasteiger partial charge in [-0.2, -0.15) is 0 Å². The lowest BCUT2D eigenvalue weighted by molar-refractivity contribution is 0.0342. The van der Waals surface area contributed by atoms with Gasteiger partial charge in [-0.3, -0.25) is 4.90 Å². The van der Waals surface area contributed by atoms with Gasteiger partial charge in [0.15, 0.2) is 5.11 Å². The Morgan fingerprint density at radius 1 is 0.964 bits per heavy atom. The molecule has 28 heavy (non-hydrogen) atoms. The second-order valence-corrected chi connectivity index (χ2v) is 7.72. The number of nitrogens with one attached hydrogen (secondary N) is 2. The molecule has 2 aromatic carbocycles. The minimum Gasteiger partial charge on any atom is -0.379 e. The van der Waals surface area contributed by atoms with Crippen LogP contribution in [-0.2, 0) is 24.2 Å². The van der Waals surface area contributed by atoms with Crippen LogP contribution in [0.5, 0.6) is 0 Å². The molecule has 1 aliphatic rings. The predicted molar refractivity (Wildman–Crippen MR) is 121 cm³/mol. The van der Waals surface area contributed by atoms with E-state index in [1.54, 1.807) is 0 Å². The molecule has 0 aromatic heterocycles. The van der Waals surface area contributed by atoms with Crippen molar-refractivity contribution in [1.82, 2.24) is 10.2 Å². The molecule has 5 heteroatoms. The number of ether oxygens (including phenoxy) is 1. The average Bonchev–Trinajstić information content (AvgIpc) is 2.73. The molecular weight excluding hydrogens is 366 g/mol. The highest BCUT2D eigenvalue weighted by molar-refractivity contribution is 7.80. The lowest BCUT2D eigenvalue weighted by Gasteiger charge is -2.26. The number of nitrogens with zero attached hydrogens (tertiary/aromatic N) is 1. The van der Waals surface area contributed by atoms with Crippen LogP contribution in [0, 0.1) is 0 Å². The first-order chi connectivity index (χ1) is 13.7. The van der Waals surface area contributed by atoms with E-state index in [2.05, 4.69) is 71.0 Å². The number of thiocarbonyl (C=S) groups is 1. The summed E-state index contributed by atoms with van der Waals surface area (Å²) in [7, 11) is 0. The van der Waals surface area contributed by atoms with Gasteiger partial charge in [-0.25, -0.2) is 0 Å².